The molecule has 1 aliphatic heterocycles. The summed E-state index contributed by atoms with van der Waals surface area (Å²) in [6.07, 6.45) is 5.02. The average molecular weight is 364 g/mol. The van der Waals surface area contributed by atoms with Crippen LogP contribution in [-0.2, 0) is 0 Å². The quantitative estimate of drug-likeness (QED) is 0.725. The van der Waals surface area contributed by atoms with Gasteiger partial charge in [0.05, 0.1) is 11.6 Å². The fraction of sp³-hybridized carbons (Fsp3) is 0.250. The summed E-state index contributed by atoms with van der Waals surface area (Å²) in [5, 5.41) is 0.914. The number of rotatable bonds is 5. The first kappa shape index (κ1) is 17.1. The van der Waals surface area contributed by atoms with E-state index in [9.17, 15) is 9.59 Å². The average Bonchev–Trinajstić information content (AvgIpc) is 3.33. The molecule has 0 bridgehead atoms. The summed E-state index contributed by atoms with van der Waals surface area (Å²) in [6, 6.07) is 11.0. The highest BCUT2D eigenvalue weighted by atomic mass is 16.5. The molecule has 2 amide bonds. The van der Waals surface area contributed by atoms with Gasteiger partial charge in [0.1, 0.15) is 6.61 Å². The van der Waals surface area contributed by atoms with E-state index in [1.807, 2.05) is 29.2 Å². The molecule has 2 aromatic heterocycles. The molecule has 1 saturated heterocycles. The molecule has 0 saturated carbocycles. The first-order valence-corrected chi connectivity index (χ1v) is 8.90. The lowest BCUT2D eigenvalue weighted by molar-refractivity contribution is 0.0691. The Hall–Kier alpha value is -3.35. The van der Waals surface area contributed by atoms with Crippen LogP contribution in [0.5, 0.6) is 5.75 Å². The van der Waals surface area contributed by atoms with Crippen molar-refractivity contribution in [1.82, 2.24) is 14.9 Å². The zero-order chi connectivity index (χ0) is 18.8. The van der Waals surface area contributed by atoms with Gasteiger partial charge in [-0.2, -0.15) is 0 Å². The van der Waals surface area contributed by atoms with Crippen molar-refractivity contribution in [2.24, 2.45) is 5.73 Å². The van der Waals surface area contributed by atoms with Gasteiger partial charge in [0.2, 0.25) is 0 Å². The van der Waals surface area contributed by atoms with E-state index in [-0.39, 0.29) is 17.6 Å². The summed E-state index contributed by atoms with van der Waals surface area (Å²) in [7, 11) is 0. The second kappa shape index (κ2) is 7.11. The number of amides is 2. The van der Waals surface area contributed by atoms with Crippen LogP contribution in [0.4, 0.5) is 0 Å². The van der Waals surface area contributed by atoms with Gasteiger partial charge in [0.15, 0.2) is 11.4 Å². The SMILES string of the molecule is NC(=O)c1ncccc1OCC1CCCN1C(=O)c1c[nH]c2ccccc12. The molecule has 27 heavy (non-hydrogen) atoms. The fourth-order valence-electron chi connectivity index (χ4n) is 3.56. The van der Waals surface area contributed by atoms with Gasteiger partial charge >= 0.3 is 0 Å². The molecule has 1 atom stereocenters. The Labute approximate surface area is 156 Å². The summed E-state index contributed by atoms with van der Waals surface area (Å²) in [5.41, 5.74) is 7.05. The van der Waals surface area contributed by atoms with Crippen molar-refractivity contribution in [3.63, 3.8) is 0 Å². The first-order chi connectivity index (χ1) is 13.1. The van der Waals surface area contributed by atoms with Gasteiger partial charge in [-0.3, -0.25) is 9.59 Å². The van der Waals surface area contributed by atoms with Gasteiger partial charge in [-0.1, -0.05) is 18.2 Å². The van der Waals surface area contributed by atoms with Crippen LogP contribution in [0.3, 0.4) is 0 Å². The van der Waals surface area contributed by atoms with Crippen molar-refractivity contribution in [3.05, 3.63) is 60.0 Å². The van der Waals surface area contributed by atoms with Crippen LogP contribution in [0.15, 0.2) is 48.8 Å². The second-order valence-corrected chi connectivity index (χ2v) is 6.57. The van der Waals surface area contributed by atoms with Crippen LogP contribution in [0.25, 0.3) is 10.9 Å². The van der Waals surface area contributed by atoms with E-state index >= 15 is 0 Å². The molecule has 7 heteroatoms. The third-order valence-corrected chi connectivity index (χ3v) is 4.89. The van der Waals surface area contributed by atoms with Crippen LogP contribution in [0, 0.1) is 0 Å². The molecule has 3 N–H and O–H groups in total. The number of H-pyrrole nitrogens is 1. The highest BCUT2D eigenvalue weighted by Gasteiger charge is 2.31. The number of nitrogens with zero attached hydrogens (tertiary/aromatic N) is 2. The fourth-order valence-corrected chi connectivity index (χ4v) is 3.56. The Balaban J connectivity index is 1.51. The Morgan fingerprint density at radius 2 is 2.11 bits per heavy atom. The highest BCUT2D eigenvalue weighted by Crippen LogP contribution is 2.25. The zero-order valence-electron chi connectivity index (χ0n) is 14.7. The lowest BCUT2D eigenvalue weighted by atomic mass is 10.1. The molecule has 4 rings (SSSR count). The number of likely N-dealkylation sites (tertiary alicyclic amines) is 1. The summed E-state index contributed by atoms with van der Waals surface area (Å²) >= 11 is 0. The minimum Gasteiger partial charge on any atom is -0.489 e. The molecule has 1 fully saturated rings. The van der Waals surface area contributed by atoms with Crippen molar-refractivity contribution in [2.75, 3.05) is 13.2 Å². The number of carbonyl (C=O) groups is 2. The monoisotopic (exact) mass is 364 g/mol. The molecule has 1 aliphatic rings. The second-order valence-electron chi connectivity index (χ2n) is 6.57. The van der Waals surface area contributed by atoms with Crippen LogP contribution in [0.1, 0.15) is 33.7 Å². The number of aromatic nitrogens is 2. The Morgan fingerprint density at radius 1 is 1.26 bits per heavy atom. The third kappa shape index (κ3) is 3.23. The largest absolute Gasteiger partial charge is 0.489 e. The highest BCUT2D eigenvalue weighted by molar-refractivity contribution is 6.06. The smallest absolute Gasteiger partial charge is 0.271 e. The van der Waals surface area contributed by atoms with Gasteiger partial charge in [-0.05, 0) is 31.0 Å². The molecule has 7 nitrogen and oxygen atoms in total. The molecule has 0 radical (unpaired) electrons. The first-order valence-electron chi connectivity index (χ1n) is 8.90. The van der Waals surface area contributed by atoms with Crippen molar-refractivity contribution in [1.29, 1.82) is 0 Å². The number of carbonyl (C=O) groups excluding carboxylic acids is 2. The maximum Gasteiger partial charge on any atom is 0.271 e. The standard InChI is InChI=1S/C20H20N4O3/c21-19(25)18-17(8-3-9-22-18)27-12-13-5-4-10-24(13)20(26)15-11-23-16-7-2-1-6-14(15)16/h1-3,6-9,11,13,23H,4-5,10,12H2,(H2,21,25). The summed E-state index contributed by atoms with van der Waals surface area (Å²) in [4.78, 5) is 33.5. The van der Waals surface area contributed by atoms with Crippen LogP contribution >= 0.6 is 0 Å². The van der Waals surface area contributed by atoms with Crippen LogP contribution < -0.4 is 10.5 Å². The molecular weight excluding hydrogens is 344 g/mol. The molecule has 1 aromatic carbocycles. The van der Waals surface area contributed by atoms with E-state index in [2.05, 4.69) is 9.97 Å². The Bertz CT molecular complexity index is 998. The van der Waals surface area contributed by atoms with E-state index in [1.165, 1.54) is 6.20 Å². The van der Waals surface area contributed by atoms with Crippen molar-refractivity contribution in [3.8, 4) is 5.75 Å². The molecule has 3 heterocycles. The number of aromatic amines is 1. The topological polar surface area (TPSA) is 101 Å². The minimum atomic E-state index is -0.635. The number of nitrogens with two attached hydrogens (primary N) is 1. The summed E-state index contributed by atoms with van der Waals surface area (Å²) < 4.78 is 5.80. The predicted molar refractivity (Wildman–Crippen MR) is 101 cm³/mol. The number of fused-ring (bicyclic) bond motifs is 1. The minimum absolute atomic E-state index is 0.0140. The van der Waals surface area contributed by atoms with E-state index < -0.39 is 5.91 Å². The van der Waals surface area contributed by atoms with E-state index in [1.54, 1.807) is 18.3 Å². The van der Waals surface area contributed by atoms with Crippen LogP contribution in [0.2, 0.25) is 0 Å². The number of para-hydroxylation sites is 1. The predicted octanol–water partition coefficient (Wildman–Crippen LogP) is 2.35. The van der Waals surface area contributed by atoms with Gasteiger partial charge in [0.25, 0.3) is 11.8 Å². The summed E-state index contributed by atoms with van der Waals surface area (Å²) in [5.74, 6) is -0.306. The molecule has 138 valence electrons. The van der Waals surface area contributed by atoms with Gasteiger partial charge < -0.3 is 20.4 Å². The number of primary amides is 1. The zero-order valence-corrected chi connectivity index (χ0v) is 14.7. The van der Waals surface area contributed by atoms with Crippen LogP contribution in [-0.4, -0.2) is 45.9 Å². The lowest BCUT2D eigenvalue weighted by Crippen LogP contribution is -2.39. The van der Waals surface area contributed by atoms with Crippen molar-refractivity contribution >= 4 is 22.7 Å². The molecular formula is C20H20N4O3. The lowest BCUT2D eigenvalue weighted by Gasteiger charge is -2.25. The number of ether oxygens (including phenoxy) is 1. The van der Waals surface area contributed by atoms with Gasteiger partial charge in [0, 0.05) is 29.8 Å². The Kier molecular flexibility index (Phi) is 4.50. The number of hydrogen-bond donors (Lipinski definition) is 2. The number of hydrogen-bond acceptors (Lipinski definition) is 4. The maximum absolute atomic E-state index is 13.1. The summed E-state index contributed by atoms with van der Waals surface area (Å²) in [6.45, 7) is 0.974. The van der Waals surface area contributed by atoms with Gasteiger partial charge in [-0.15, -0.1) is 0 Å². The normalized spacial score (nSPS) is 16.6. The number of pyridine rings is 1. The molecule has 3 aromatic rings. The Morgan fingerprint density at radius 3 is 2.96 bits per heavy atom. The third-order valence-electron chi connectivity index (χ3n) is 4.89. The number of benzene rings is 1. The van der Waals surface area contributed by atoms with Crippen molar-refractivity contribution < 1.29 is 14.3 Å². The van der Waals surface area contributed by atoms with Gasteiger partial charge in [-0.25, -0.2) is 4.98 Å². The molecule has 1 unspecified atom stereocenters. The maximum atomic E-state index is 13.1. The van der Waals surface area contributed by atoms with E-state index in [0.29, 0.717) is 24.5 Å². The van der Waals surface area contributed by atoms with Crippen molar-refractivity contribution in [2.45, 2.75) is 18.9 Å². The number of nitrogens with one attached hydrogen (secondary N) is 1. The molecule has 0 spiro atoms. The van der Waals surface area contributed by atoms with E-state index in [4.69, 9.17) is 10.5 Å². The molecule has 0 aliphatic carbocycles. The van der Waals surface area contributed by atoms with E-state index in [0.717, 1.165) is 23.7 Å².